The van der Waals surface area contributed by atoms with Crippen molar-refractivity contribution in [1.29, 1.82) is 0 Å². The van der Waals surface area contributed by atoms with Gasteiger partial charge in [0.05, 0.1) is 11.0 Å². The highest BCUT2D eigenvalue weighted by Gasteiger charge is 2.17. The number of nitrogens with zero attached hydrogens (tertiary/aromatic N) is 4. The minimum Gasteiger partial charge on any atom is -0.369 e. The number of piperazine rings is 1. The van der Waals surface area contributed by atoms with Crippen molar-refractivity contribution < 1.29 is 0 Å². The van der Waals surface area contributed by atoms with Gasteiger partial charge in [0.2, 0.25) is 0 Å². The van der Waals surface area contributed by atoms with Gasteiger partial charge in [-0.1, -0.05) is 0 Å². The Kier molecular flexibility index (Phi) is 3.11. The van der Waals surface area contributed by atoms with Crippen LogP contribution in [0.4, 0.5) is 5.69 Å². The van der Waals surface area contributed by atoms with Crippen molar-refractivity contribution in [3.05, 3.63) is 30.1 Å². The van der Waals surface area contributed by atoms with E-state index in [-0.39, 0.29) is 0 Å². The molecule has 1 aliphatic rings. The lowest BCUT2D eigenvalue weighted by atomic mass is 10.1. The van der Waals surface area contributed by atoms with E-state index in [1.165, 1.54) is 11.3 Å². The summed E-state index contributed by atoms with van der Waals surface area (Å²) in [5.41, 5.74) is 4.55. The van der Waals surface area contributed by atoms with Crippen LogP contribution in [0.3, 0.4) is 0 Å². The Balaban J connectivity index is 1.73. The molecule has 6 nitrogen and oxygen atoms in total. The largest absolute Gasteiger partial charge is 0.369 e. The molecular formula is C16H20N6. The van der Waals surface area contributed by atoms with Gasteiger partial charge in [0.25, 0.3) is 0 Å². The maximum absolute atomic E-state index is 4.68. The molecule has 0 aliphatic carbocycles. The number of aryl methyl sites for hydroxylation is 1. The van der Waals surface area contributed by atoms with Crippen LogP contribution in [0.15, 0.2) is 24.5 Å². The Morgan fingerprint density at radius 3 is 2.64 bits per heavy atom. The summed E-state index contributed by atoms with van der Waals surface area (Å²) in [7, 11) is 2.18. The lowest BCUT2D eigenvalue weighted by molar-refractivity contribution is 0.313. The molecule has 3 heterocycles. The van der Waals surface area contributed by atoms with E-state index < -0.39 is 0 Å². The summed E-state index contributed by atoms with van der Waals surface area (Å²) in [6.45, 7) is 6.48. The third-order valence-corrected chi connectivity index (χ3v) is 4.35. The first-order valence-corrected chi connectivity index (χ1v) is 7.64. The third kappa shape index (κ3) is 2.25. The van der Waals surface area contributed by atoms with Gasteiger partial charge in [-0.3, -0.25) is 0 Å². The Hall–Kier alpha value is -2.34. The SMILES string of the molecule is Cc1cc(N2CCN(C)CC2)cc2[nH]c(-c3ncc[nH]3)nc12. The van der Waals surface area contributed by atoms with Crippen molar-refractivity contribution in [3.8, 4) is 11.6 Å². The predicted octanol–water partition coefficient (Wildman–Crippen LogP) is 2.01. The molecule has 2 N–H and O–H groups in total. The zero-order valence-electron chi connectivity index (χ0n) is 12.9. The summed E-state index contributed by atoms with van der Waals surface area (Å²) < 4.78 is 0. The Labute approximate surface area is 129 Å². The first-order valence-electron chi connectivity index (χ1n) is 7.64. The highest BCUT2D eigenvalue weighted by atomic mass is 15.2. The predicted molar refractivity (Wildman–Crippen MR) is 88.1 cm³/mol. The molecule has 1 fully saturated rings. The lowest BCUT2D eigenvalue weighted by Gasteiger charge is -2.34. The van der Waals surface area contributed by atoms with Crippen LogP contribution in [-0.2, 0) is 0 Å². The fourth-order valence-corrected chi connectivity index (χ4v) is 3.03. The number of aromatic nitrogens is 4. The summed E-state index contributed by atoms with van der Waals surface area (Å²) in [4.78, 5) is 20.2. The van der Waals surface area contributed by atoms with E-state index in [0.717, 1.165) is 48.9 Å². The number of benzene rings is 1. The Morgan fingerprint density at radius 2 is 1.91 bits per heavy atom. The van der Waals surface area contributed by atoms with Gasteiger partial charge in [-0.15, -0.1) is 0 Å². The molecule has 4 rings (SSSR count). The van der Waals surface area contributed by atoms with E-state index in [2.05, 4.69) is 55.8 Å². The smallest absolute Gasteiger partial charge is 0.174 e. The van der Waals surface area contributed by atoms with Gasteiger partial charge in [-0.2, -0.15) is 0 Å². The molecule has 22 heavy (non-hydrogen) atoms. The maximum atomic E-state index is 4.68. The average Bonchev–Trinajstić information content (AvgIpc) is 3.17. The van der Waals surface area contributed by atoms with E-state index in [4.69, 9.17) is 0 Å². The minimum atomic E-state index is 0.775. The van der Waals surface area contributed by atoms with E-state index in [9.17, 15) is 0 Å². The molecule has 1 aromatic carbocycles. The first-order chi connectivity index (χ1) is 10.7. The van der Waals surface area contributed by atoms with Crippen LogP contribution in [0, 0.1) is 6.92 Å². The number of aromatic amines is 2. The second-order valence-corrected chi connectivity index (χ2v) is 5.97. The molecule has 114 valence electrons. The van der Waals surface area contributed by atoms with Gasteiger partial charge in [-0.05, 0) is 31.7 Å². The van der Waals surface area contributed by atoms with Gasteiger partial charge < -0.3 is 19.8 Å². The number of fused-ring (bicyclic) bond motifs is 1. The van der Waals surface area contributed by atoms with Crippen molar-refractivity contribution in [2.75, 3.05) is 38.1 Å². The highest BCUT2D eigenvalue weighted by Crippen LogP contribution is 2.27. The molecule has 0 amide bonds. The fraction of sp³-hybridized carbons (Fsp3) is 0.375. The van der Waals surface area contributed by atoms with E-state index in [0.29, 0.717) is 0 Å². The van der Waals surface area contributed by atoms with Crippen molar-refractivity contribution in [1.82, 2.24) is 24.8 Å². The van der Waals surface area contributed by atoms with Crippen LogP contribution in [0.1, 0.15) is 5.56 Å². The number of likely N-dealkylation sites (N-methyl/N-ethyl adjacent to an activating group) is 1. The van der Waals surface area contributed by atoms with Crippen molar-refractivity contribution in [2.24, 2.45) is 0 Å². The second kappa shape index (κ2) is 5.14. The van der Waals surface area contributed by atoms with Gasteiger partial charge >= 0.3 is 0 Å². The number of imidazole rings is 2. The molecule has 0 bridgehead atoms. The summed E-state index contributed by atoms with van der Waals surface area (Å²) in [5.74, 6) is 1.57. The molecule has 6 heteroatoms. The normalized spacial score (nSPS) is 16.5. The Bertz CT molecular complexity index is 780. The number of anilines is 1. The van der Waals surface area contributed by atoms with E-state index in [1.807, 2.05) is 6.20 Å². The van der Waals surface area contributed by atoms with Crippen molar-refractivity contribution in [2.45, 2.75) is 6.92 Å². The van der Waals surface area contributed by atoms with Crippen LogP contribution in [0.5, 0.6) is 0 Å². The second-order valence-electron chi connectivity index (χ2n) is 5.97. The van der Waals surface area contributed by atoms with Crippen molar-refractivity contribution >= 4 is 16.7 Å². The molecule has 0 unspecified atom stereocenters. The van der Waals surface area contributed by atoms with Gasteiger partial charge in [0.1, 0.15) is 0 Å². The van der Waals surface area contributed by atoms with Crippen LogP contribution < -0.4 is 4.90 Å². The van der Waals surface area contributed by atoms with E-state index in [1.54, 1.807) is 6.20 Å². The fourth-order valence-electron chi connectivity index (χ4n) is 3.03. The summed E-state index contributed by atoms with van der Waals surface area (Å²) in [5, 5.41) is 0. The topological polar surface area (TPSA) is 63.8 Å². The van der Waals surface area contributed by atoms with Gasteiger partial charge in [-0.25, -0.2) is 9.97 Å². The van der Waals surface area contributed by atoms with Crippen LogP contribution >= 0.6 is 0 Å². The maximum Gasteiger partial charge on any atom is 0.174 e. The third-order valence-electron chi connectivity index (χ3n) is 4.35. The number of rotatable bonds is 2. The molecule has 3 aromatic rings. The molecule has 1 aliphatic heterocycles. The standard InChI is InChI=1S/C16H20N6/c1-11-9-12(22-7-5-21(2)6-8-22)10-13-14(11)20-16(19-13)15-17-3-4-18-15/h3-4,9-10H,5-8H2,1-2H3,(H,17,18)(H,19,20). The van der Waals surface area contributed by atoms with E-state index >= 15 is 0 Å². The van der Waals surface area contributed by atoms with Gasteiger partial charge in [0.15, 0.2) is 11.6 Å². The van der Waals surface area contributed by atoms with Crippen LogP contribution in [-0.4, -0.2) is 58.1 Å². The molecule has 0 spiro atoms. The monoisotopic (exact) mass is 296 g/mol. The zero-order valence-corrected chi connectivity index (χ0v) is 12.9. The zero-order chi connectivity index (χ0) is 15.1. The first kappa shape index (κ1) is 13.3. The summed E-state index contributed by atoms with van der Waals surface area (Å²) in [6.07, 6.45) is 3.55. The molecule has 0 atom stereocenters. The van der Waals surface area contributed by atoms with Crippen LogP contribution in [0.2, 0.25) is 0 Å². The minimum absolute atomic E-state index is 0.775. The summed E-state index contributed by atoms with van der Waals surface area (Å²) in [6, 6.07) is 4.44. The number of hydrogen-bond donors (Lipinski definition) is 2. The Morgan fingerprint density at radius 1 is 1.09 bits per heavy atom. The number of H-pyrrole nitrogens is 2. The van der Waals surface area contributed by atoms with Gasteiger partial charge in [0, 0.05) is 44.3 Å². The number of hydrogen-bond acceptors (Lipinski definition) is 4. The van der Waals surface area contributed by atoms with Crippen LogP contribution in [0.25, 0.3) is 22.7 Å². The molecule has 0 saturated carbocycles. The average molecular weight is 296 g/mol. The quantitative estimate of drug-likeness (QED) is 0.759. The highest BCUT2D eigenvalue weighted by molar-refractivity contribution is 5.85. The summed E-state index contributed by atoms with van der Waals surface area (Å²) >= 11 is 0. The molecular weight excluding hydrogens is 276 g/mol. The molecule has 0 radical (unpaired) electrons. The molecule has 1 saturated heterocycles. The molecule has 2 aromatic heterocycles. The number of nitrogens with one attached hydrogen (secondary N) is 2. The van der Waals surface area contributed by atoms with Crippen molar-refractivity contribution in [3.63, 3.8) is 0 Å². The lowest BCUT2D eigenvalue weighted by Crippen LogP contribution is -2.44.